The van der Waals surface area contributed by atoms with Gasteiger partial charge < -0.3 is 14.9 Å². The van der Waals surface area contributed by atoms with Crippen molar-refractivity contribution in [1.82, 2.24) is 9.80 Å². The first-order valence-electron chi connectivity index (χ1n) is 6.35. The van der Waals surface area contributed by atoms with Crippen LogP contribution in [-0.4, -0.2) is 53.7 Å². The minimum atomic E-state index is -0.122. The first kappa shape index (κ1) is 11.7. The van der Waals surface area contributed by atoms with Crippen molar-refractivity contribution >= 4 is 6.03 Å². The van der Waals surface area contributed by atoms with Gasteiger partial charge in [-0.3, -0.25) is 0 Å². The Labute approximate surface area is 97.2 Å². The average molecular weight is 226 g/mol. The van der Waals surface area contributed by atoms with Crippen LogP contribution in [0.4, 0.5) is 4.79 Å². The molecule has 1 heterocycles. The number of piperidine rings is 1. The molecular formula is C12H22N2O2. The third kappa shape index (κ3) is 2.67. The molecule has 0 atom stereocenters. The van der Waals surface area contributed by atoms with E-state index in [9.17, 15) is 9.90 Å². The summed E-state index contributed by atoms with van der Waals surface area (Å²) < 4.78 is 0. The van der Waals surface area contributed by atoms with Crippen LogP contribution in [0, 0.1) is 5.92 Å². The predicted octanol–water partition coefficient (Wildman–Crippen LogP) is 1.29. The second kappa shape index (κ2) is 5.04. The summed E-state index contributed by atoms with van der Waals surface area (Å²) in [6, 6.07) is 0.168. The molecule has 2 rings (SSSR count). The van der Waals surface area contributed by atoms with Crippen molar-refractivity contribution in [3.05, 3.63) is 0 Å². The van der Waals surface area contributed by atoms with Gasteiger partial charge in [-0.25, -0.2) is 4.79 Å². The molecule has 0 bridgehead atoms. The third-order valence-electron chi connectivity index (χ3n) is 3.70. The number of amides is 2. The van der Waals surface area contributed by atoms with E-state index < -0.39 is 0 Å². The van der Waals surface area contributed by atoms with Crippen LogP contribution >= 0.6 is 0 Å². The monoisotopic (exact) mass is 226 g/mol. The fourth-order valence-electron chi connectivity index (χ4n) is 2.64. The minimum Gasteiger partial charge on any atom is -0.393 e. The second-order valence-corrected chi connectivity index (χ2v) is 5.20. The van der Waals surface area contributed by atoms with Gasteiger partial charge in [0.1, 0.15) is 0 Å². The molecular weight excluding hydrogens is 204 g/mol. The van der Waals surface area contributed by atoms with E-state index in [1.165, 1.54) is 6.42 Å². The first-order chi connectivity index (χ1) is 7.66. The van der Waals surface area contributed by atoms with E-state index in [1.54, 1.807) is 0 Å². The highest BCUT2D eigenvalue weighted by molar-refractivity contribution is 5.74. The van der Waals surface area contributed by atoms with Crippen LogP contribution in [-0.2, 0) is 0 Å². The fourth-order valence-corrected chi connectivity index (χ4v) is 2.64. The van der Waals surface area contributed by atoms with Crippen molar-refractivity contribution in [1.29, 1.82) is 0 Å². The lowest BCUT2D eigenvalue weighted by molar-refractivity contribution is 0.0297. The van der Waals surface area contributed by atoms with Crippen LogP contribution in [0.2, 0.25) is 0 Å². The predicted molar refractivity (Wildman–Crippen MR) is 62.2 cm³/mol. The van der Waals surface area contributed by atoms with Gasteiger partial charge in [-0.05, 0) is 38.0 Å². The van der Waals surface area contributed by atoms with Crippen LogP contribution in [0.5, 0.6) is 0 Å². The Hall–Kier alpha value is -0.770. The third-order valence-corrected chi connectivity index (χ3v) is 3.70. The quantitative estimate of drug-likeness (QED) is 0.771. The normalized spacial score (nSPS) is 29.8. The molecule has 2 fully saturated rings. The zero-order chi connectivity index (χ0) is 11.5. The summed E-state index contributed by atoms with van der Waals surface area (Å²) in [6.07, 6.45) is 5.13. The molecule has 0 radical (unpaired) electrons. The van der Waals surface area contributed by atoms with Crippen LogP contribution in [0.1, 0.15) is 32.1 Å². The van der Waals surface area contributed by atoms with Gasteiger partial charge in [0.25, 0.3) is 0 Å². The summed E-state index contributed by atoms with van der Waals surface area (Å²) in [6.45, 7) is 2.62. The fraction of sp³-hybridized carbons (Fsp3) is 0.917. The van der Waals surface area contributed by atoms with Gasteiger partial charge in [-0.1, -0.05) is 0 Å². The highest BCUT2D eigenvalue weighted by atomic mass is 16.3. The van der Waals surface area contributed by atoms with Gasteiger partial charge in [0.05, 0.1) is 6.10 Å². The minimum absolute atomic E-state index is 0.122. The molecule has 16 heavy (non-hydrogen) atoms. The summed E-state index contributed by atoms with van der Waals surface area (Å²) in [5.41, 5.74) is 0. The Kier molecular flexibility index (Phi) is 3.69. The molecule has 1 aliphatic heterocycles. The van der Waals surface area contributed by atoms with Crippen LogP contribution in [0.25, 0.3) is 0 Å². The molecule has 0 aromatic carbocycles. The topological polar surface area (TPSA) is 43.8 Å². The van der Waals surface area contributed by atoms with E-state index >= 15 is 0 Å². The molecule has 2 aliphatic rings. The number of hydrogen-bond donors (Lipinski definition) is 1. The molecule has 0 unspecified atom stereocenters. The maximum absolute atomic E-state index is 12.0. The van der Waals surface area contributed by atoms with E-state index in [0.717, 1.165) is 45.3 Å². The number of aliphatic hydroxyl groups is 1. The van der Waals surface area contributed by atoms with Crippen LogP contribution in [0.15, 0.2) is 0 Å². The lowest BCUT2D eigenvalue weighted by Gasteiger charge is -2.37. The summed E-state index contributed by atoms with van der Waals surface area (Å²) in [7, 11) is 1.88. The number of urea groups is 1. The standard InChI is InChI=1S/C12H22N2O2/c1-13(9-10-7-11(15)8-10)12(16)14-5-3-2-4-6-14/h10-11,15H,2-9H2,1H3. The number of nitrogens with zero attached hydrogens (tertiary/aromatic N) is 2. The van der Waals surface area contributed by atoms with Gasteiger partial charge in [-0.2, -0.15) is 0 Å². The van der Waals surface area contributed by atoms with E-state index in [2.05, 4.69) is 0 Å². The highest BCUT2D eigenvalue weighted by Crippen LogP contribution is 2.27. The number of likely N-dealkylation sites (tertiary alicyclic amines) is 1. The van der Waals surface area contributed by atoms with E-state index in [1.807, 2.05) is 16.8 Å². The Balaban J connectivity index is 1.74. The van der Waals surface area contributed by atoms with E-state index in [0.29, 0.717) is 5.92 Å². The molecule has 4 heteroatoms. The molecule has 1 saturated carbocycles. The van der Waals surface area contributed by atoms with Crippen molar-refractivity contribution < 1.29 is 9.90 Å². The smallest absolute Gasteiger partial charge is 0.319 e. The number of carbonyl (C=O) groups excluding carboxylic acids is 1. The molecule has 0 aromatic rings. The van der Waals surface area contributed by atoms with Crippen molar-refractivity contribution in [3.8, 4) is 0 Å². The Bertz CT molecular complexity index is 245. The highest BCUT2D eigenvalue weighted by Gasteiger charge is 2.30. The first-order valence-corrected chi connectivity index (χ1v) is 6.35. The Morgan fingerprint density at radius 1 is 1.31 bits per heavy atom. The number of carbonyl (C=O) groups is 1. The van der Waals surface area contributed by atoms with Crippen LogP contribution in [0.3, 0.4) is 0 Å². The van der Waals surface area contributed by atoms with Crippen molar-refractivity contribution in [2.45, 2.75) is 38.2 Å². The van der Waals surface area contributed by atoms with Gasteiger partial charge in [0.2, 0.25) is 0 Å². The van der Waals surface area contributed by atoms with Gasteiger partial charge in [-0.15, -0.1) is 0 Å². The Morgan fingerprint density at radius 2 is 1.94 bits per heavy atom. The summed E-state index contributed by atoms with van der Waals surface area (Å²) in [5, 5.41) is 9.20. The van der Waals surface area contributed by atoms with Gasteiger partial charge in [0.15, 0.2) is 0 Å². The molecule has 1 aliphatic carbocycles. The van der Waals surface area contributed by atoms with Crippen molar-refractivity contribution in [3.63, 3.8) is 0 Å². The van der Waals surface area contributed by atoms with E-state index in [4.69, 9.17) is 0 Å². The average Bonchev–Trinajstić information content (AvgIpc) is 2.27. The number of hydrogen-bond acceptors (Lipinski definition) is 2. The van der Waals surface area contributed by atoms with Crippen molar-refractivity contribution in [2.24, 2.45) is 5.92 Å². The van der Waals surface area contributed by atoms with Gasteiger partial charge in [0, 0.05) is 26.7 Å². The molecule has 0 spiro atoms. The maximum Gasteiger partial charge on any atom is 0.319 e. The molecule has 0 aromatic heterocycles. The molecule has 2 amide bonds. The SMILES string of the molecule is CN(CC1CC(O)C1)C(=O)N1CCCCC1. The number of aliphatic hydroxyl groups excluding tert-OH is 1. The lowest BCUT2D eigenvalue weighted by Crippen LogP contribution is -2.47. The van der Waals surface area contributed by atoms with E-state index in [-0.39, 0.29) is 12.1 Å². The number of rotatable bonds is 2. The zero-order valence-corrected chi connectivity index (χ0v) is 10.1. The maximum atomic E-state index is 12.0. The molecule has 1 saturated heterocycles. The summed E-state index contributed by atoms with van der Waals surface area (Å²) in [5.74, 6) is 0.508. The largest absolute Gasteiger partial charge is 0.393 e. The summed E-state index contributed by atoms with van der Waals surface area (Å²) >= 11 is 0. The molecule has 4 nitrogen and oxygen atoms in total. The molecule has 1 N–H and O–H groups in total. The van der Waals surface area contributed by atoms with Gasteiger partial charge >= 0.3 is 6.03 Å². The molecule has 92 valence electrons. The Morgan fingerprint density at radius 3 is 2.50 bits per heavy atom. The summed E-state index contributed by atoms with van der Waals surface area (Å²) in [4.78, 5) is 15.8. The lowest BCUT2D eigenvalue weighted by atomic mass is 9.82. The van der Waals surface area contributed by atoms with Crippen LogP contribution < -0.4 is 0 Å². The second-order valence-electron chi connectivity index (χ2n) is 5.20. The zero-order valence-electron chi connectivity index (χ0n) is 10.1. The van der Waals surface area contributed by atoms with Crippen molar-refractivity contribution in [2.75, 3.05) is 26.7 Å².